The van der Waals surface area contributed by atoms with E-state index >= 15 is 0 Å². The highest BCUT2D eigenvalue weighted by Crippen LogP contribution is 2.18. The van der Waals surface area contributed by atoms with Crippen molar-refractivity contribution >= 4 is 11.6 Å². The van der Waals surface area contributed by atoms with Crippen LogP contribution in [0.2, 0.25) is 0 Å². The number of nitrogens with zero attached hydrogens (tertiary/aromatic N) is 2. The highest BCUT2D eigenvalue weighted by atomic mass is 16.5. The standard InChI is InChI=1S/C16H21N5O2/c1-10(2)13-7-14(21-20-13)16(22)19-11-3-4-12(18-8-11)15-9-17-5-6-23-15/h3-4,7-8,10,15,17H,5-6,9H2,1-2H3,(H,19,22)(H,20,21)/t15-/m1/s1. The highest BCUT2D eigenvalue weighted by Gasteiger charge is 2.17. The van der Waals surface area contributed by atoms with Crippen LogP contribution in [0.3, 0.4) is 0 Å². The summed E-state index contributed by atoms with van der Waals surface area (Å²) in [4.78, 5) is 16.6. The molecule has 0 aromatic carbocycles. The molecule has 0 radical (unpaired) electrons. The SMILES string of the molecule is CC(C)c1cc(C(=O)Nc2ccc([C@H]3CNCCO3)nc2)[nH]n1. The van der Waals surface area contributed by atoms with Gasteiger partial charge < -0.3 is 15.4 Å². The van der Waals surface area contributed by atoms with Crippen LogP contribution in [0.25, 0.3) is 0 Å². The van der Waals surface area contributed by atoms with Gasteiger partial charge in [-0.05, 0) is 24.1 Å². The number of aromatic amines is 1. The second-order valence-electron chi connectivity index (χ2n) is 5.85. The maximum Gasteiger partial charge on any atom is 0.273 e. The average molecular weight is 315 g/mol. The van der Waals surface area contributed by atoms with Crippen molar-refractivity contribution in [1.82, 2.24) is 20.5 Å². The van der Waals surface area contributed by atoms with Gasteiger partial charge in [-0.25, -0.2) is 0 Å². The molecule has 2 aromatic rings. The zero-order valence-electron chi connectivity index (χ0n) is 13.3. The lowest BCUT2D eigenvalue weighted by molar-refractivity contribution is 0.0250. The van der Waals surface area contributed by atoms with Crippen LogP contribution in [-0.4, -0.2) is 40.8 Å². The zero-order chi connectivity index (χ0) is 16.2. The van der Waals surface area contributed by atoms with Crippen molar-refractivity contribution < 1.29 is 9.53 Å². The van der Waals surface area contributed by atoms with Gasteiger partial charge in [0.25, 0.3) is 5.91 Å². The maximum absolute atomic E-state index is 12.2. The molecule has 7 heteroatoms. The van der Waals surface area contributed by atoms with Gasteiger partial charge in [0.1, 0.15) is 11.8 Å². The van der Waals surface area contributed by atoms with Crippen LogP contribution in [0.1, 0.15) is 47.7 Å². The number of pyridine rings is 1. The minimum atomic E-state index is -0.227. The number of H-pyrrole nitrogens is 1. The fraction of sp³-hybridized carbons (Fsp3) is 0.438. The number of hydrogen-bond donors (Lipinski definition) is 3. The summed E-state index contributed by atoms with van der Waals surface area (Å²) in [5.74, 6) is 0.0485. The smallest absolute Gasteiger partial charge is 0.273 e. The number of aromatic nitrogens is 3. The Morgan fingerprint density at radius 3 is 2.91 bits per heavy atom. The second-order valence-corrected chi connectivity index (χ2v) is 5.85. The minimum absolute atomic E-state index is 0.0327. The van der Waals surface area contributed by atoms with Gasteiger partial charge in [-0.15, -0.1) is 0 Å². The van der Waals surface area contributed by atoms with Crippen molar-refractivity contribution in [2.45, 2.75) is 25.9 Å². The first-order valence-electron chi connectivity index (χ1n) is 7.78. The molecule has 122 valence electrons. The summed E-state index contributed by atoms with van der Waals surface area (Å²) < 4.78 is 5.65. The molecule has 0 saturated carbocycles. The molecule has 3 heterocycles. The van der Waals surface area contributed by atoms with Crippen LogP contribution in [0.15, 0.2) is 24.4 Å². The quantitative estimate of drug-likeness (QED) is 0.801. The van der Waals surface area contributed by atoms with Gasteiger partial charge in [0.05, 0.1) is 29.9 Å². The van der Waals surface area contributed by atoms with Gasteiger partial charge in [-0.2, -0.15) is 5.10 Å². The number of morpholine rings is 1. The van der Waals surface area contributed by atoms with E-state index in [0.717, 1.165) is 24.5 Å². The Labute approximate surface area is 134 Å². The summed E-state index contributed by atoms with van der Waals surface area (Å²) in [6.07, 6.45) is 1.61. The number of carbonyl (C=O) groups excluding carboxylic acids is 1. The highest BCUT2D eigenvalue weighted by molar-refractivity contribution is 6.02. The molecule has 3 N–H and O–H groups in total. The van der Waals surface area contributed by atoms with E-state index < -0.39 is 0 Å². The third-order valence-corrected chi connectivity index (χ3v) is 3.74. The van der Waals surface area contributed by atoms with Crippen LogP contribution < -0.4 is 10.6 Å². The summed E-state index contributed by atoms with van der Waals surface area (Å²) >= 11 is 0. The Hall–Kier alpha value is -2.25. The van der Waals surface area contributed by atoms with Gasteiger partial charge in [-0.3, -0.25) is 14.9 Å². The Bertz CT molecular complexity index is 659. The van der Waals surface area contributed by atoms with Crippen molar-refractivity contribution in [3.63, 3.8) is 0 Å². The molecule has 1 atom stereocenters. The fourth-order valence-electron chi connectivity index (χ4n) is 2.37. The lowest BCUT2D eigenvalue weighted by Crippen LogP contribution is -2.33. The molecule has 0 bridgehead atoms. The number of carbonyl (C=O) groups is 1. The predicted molar refractivity (Wildman–Crippen MR) is 86.4 cm³/mol. The fourth-order valence-corrected chi connectivity index (χ4v) is 2.37. The maximum atomic E-state index is 12.2. The number of anilines is 1. The summed E-state index contributed by atoms with van der Waals surface area (Å²) in [7, 11) is 0. The van der Waals surface area contributed by atoms with Crippen LogP contribution in [-0.2, 0) is 4.74 Å². The van der Waals surface area contributed by atoms with E-state index in [1.54, 1.807) is 12.3 Å². The molecule has 3 rings (SSSR count). The molecule has 0 spiro atoms. The van der Waals surface area contributed by atoms with Crippen molar-refractivity contribution in [3.8, 4) is 0 Å². The normalized spacial score (nSPS) is 18.1. The Morgan fingerprint density at radius 2 is 2.30 bits per heavy atom. The van der Waals surface area contributed by atoms with E-state index in [1.807, 2.05) is 26.0 Å². The Morgan fingerprint density at radius 1 is 1.43 bits per heavy atom. The third-order valence-electron chi connectivity index (χ3n) is 3.74. The largest absolute Gasteiger partial charge is 0.369 e. The molecule has 0 unspecified atom stereocenters. The first-order chi connectivity index (χ1) is 11.1. The average Bonchev–Trinajstić information content (AvgIpc) is 3.07. The molecule has 0 aliphatic carbocycles. The van der Waals surface area contributed by atoms with Gasteiger partial charge in [0.2, 0.25) is 0 Å². The Kier molecular flexibility index (Phi) is 4.68. The lowest BCUT2D eigenvalue weighted by atomic mass is 10.1. The van der Waals surface area contributed by atoms with Crippen LogP contribution in [0.4, 0.5) is 5.69 Å². The number of ether oxygens (including phenoxy) is 1. The first-order valence-corrected chi connectivity index (χ1v) is 7.78. The molecule has 1 aliphatic rings. The van der Waals surface area contributed by atoms with Crippen LogP contribution in [0.5, 0.6) is 0 Å². The predicted octanol–water partition coefficient (Wildman–Crippen LogP) is 1.84. The minimum Gasteiger partial charge on any atom is -0.369 e. The molecule has 1 saturated heterocycles. The number of rotatable bonds is 4. The topological polar surface area (TPSA) is 91.9 Å². The van der Waals surface area contributed by atoms with E-state index in [9.17, 15) is 4.79 Å². The third kappa shape index (κ3) is 3.75. The molecular weight excluding hydrogens is 294 g/mol. The number of hydrogen-bond acceptors (Lipinski definition) is 5. The van der Waals surface area contributed by atoms with E-state index in [4.69, 9.17) is 4.74 Å². The second kappa shape index (κ2) is 6.89. The summed E-state index contributed by atoms with van der Waals surface area (Å²) in [5.41, 5.74) is 2.81. The Balaban J connectivity index is 1.64. The van der Waals surface area contributed by atoms with Gasteiger partial charge in [-0.1, -0.05) is 13.8 Å². The van der Waals surface area contributed by atoms with E-state index in [2.05, 4.69) is 25.8 Å². The summed E-state index contributed by atoms with van der Waals surface area (Å²) in [5, 5.41) is 13.0. The molecule has 1 fully saturated rings. The van der Waals surface area contributed by atoms with E-state index in [-0.39, 0.29) is 17.9 Å². The van der Waals surface area contributed by atoms with Gasteiger partial charge in [0.15, 0.2) is 0 Å². The summed E-state index contributed by atoms with van der Waals surface area (Å²) in [6, 6.07) is 5.47. The number of amides is 1. The van der Waals surface area contributed by atoms with Crippen molar-refractivity contribution in [2.75, 3.05) is 25.0 Å². The van der Waals surface area contributed by atoms with Gasteiger partial charge >= 0.3 is 0 Å². The van der Waals surface area contributed by atoms with Crippen LogP contribution in [0, 0.1) is 0 Å². The van der Waals surface area contributed by atoms with Crippen molar-refractivity contribution in [2.24, 2.45) is 0 Å². The molecule has 1 aliphatic heterocycles. The summed E-state index contributed by atoms with van der Waals surface area (Å²) in [6.45, 7) is 6.37. The van der Waals surface area contributed by atoms with Crippen LogP contribution >= 0.6 is 0 Å². The monoisotopic (exact) mass is 315 g/mol. The van der Waals surface area contributed by atoms with E-state index in [0.29, 0.717) is 18.0 Å². The molecule has 23 heavy (non-hydrogen) atoms. The molecule has 1 amide bonds. The lowest BCUT2D eigenvalue weighted by Gasteiger charge is -2.23. The number of nitrogens with one attached hydrogen (secondary N) is 3. The van der Waals surface area contributed by atoms with Crippen molar-refractivity contribution in [1.29, 1.82) is 0 Å². The van der Waals surface area contributed by atoms with E-state index in [1.165, 1.54) is 0 Å². The molecule has 7 nitrogen and oxygen atoms in total. The van der Waals surface area contributed by atoms with Gasteiger partial charge in [0, 0.05) is 13.1 Å². The zero-order valence-corrected chi connectivity index (χ0v) is 13.3. The first kappa shape index (κ1) is 15.6. The molecule has 2 aromatic heterocycles. The van der Waals surface area contributed by atoms with Crippen molar-refractivity contribution in [3.05, 3.63) is 41.5 Å². The molecular formula is C16H21N5O2.